The molecule has 0 bridgehead atoms. The summed E-state index contributed by atoms with van der Waals surface area (Å²) in [4.78, 5) is 28.5. The Morgan fingerprint density at radius 2 is 1.79 bits per heavy atom. The lowest BCUT2D eigenvalue weighted by Gasteiger charge is -2.43. The minimum atomic E-state index is -0.185. The Kier molecular flexibility index (Phi) is 4.90. The molecule has 4 heteroatoms. The van der Waals surface area contributed by atoms with Crippen LogP contribution in [0.2, 0.25) is 5.02 Å². The van der Waals surface area contributed by atoms with Crippen molar-refractivity contribution >= 4 is 29.0 Å². The highest BCUT2D eigenvalue weighted by Crippen LogP contribution is 2.48. The van der Waals surface area contributed by atoms with E-state index in [9.17, 15) is 9.59 Å². The number of ketones is 1. The summed E-state index contributed by atoms with van der Waals surface area (Å²) in [5.74, 6) is -0.0113. The zero-order chi connectivity index (χ0) is 20.9. The van der Waals surface area contributed by atoms with Gasteiger partial charge in [0.15, 0.2) is 5.78 Å². The first-order chi connectivity index (χ1) is 13.7. The predicted molar refractivity (Wildman–Crippen MR) is 117 cm³/mol. The fourth-order valence-electron chi connectivity index (χ4n) is 4.69. The summed E-state index contributed by atoms with van der Waals surface area (Å²) >= 11 is 6.26. The quantitative estimate of drug-likeness (QED) is 0.601. The van der Waals surface area contributed by atoms with Crippen LogP contribution in [-0.2, 0) is 9.59 Å². The van der Waals surface area contributed by atoms with E-state index in [4.69, 9.17) is 11.6 Å². The maximum absolute atomic E-state index is 13.4. The topological polar surface area (TPSA) is 37.4 Å². The van der Waals surface area contributed by atoms with Crippen LogP contribution in [0.25, 0.3) is 0 Å². The van der Waals surface area contributed by atoms with Gasteiger partial charge in [0.25, 0.3) is 0 Å². The van der Waals surface area contributed by atoms with E-state index in [0.29, 0.717) is 24.3 Å². The lowest BCUT2D eigenvalue weighted by molar-refractivity contribution is -0.121. The second kappa shape index (κ2) is 7.14. The molecule has 1 unspecified atom stereocenters. The maximum Gasteiger partial charge on any atom is 0.232 e. The van der Waals surface area contributed by atoms with Crippen molar-refractivity contribution in [3.63, 3.8) is 0 Å². The number of amides is 1. The average Bonchev–Trinajstić information content (AvgIpc) is 2.62. The summed E-state index contributed by atoms with van der Waals surface area (Å²) < 4.78 is 0. The fourth-order valence-corrected chi connectivity index (χ4v) is 4.86. The van der Waals surface area contributed by atoms with E-state index in [1.165, 1.54) is 0 Å². The molecule has 3 nitrogen and oxygen atoms in total. The first kappa shape index (κ1) is 19.9. The molecule has 0 saturated heterocycles. The summed E-state index contributed by atoms with van der Waals surface area (Å²) in [7, 11) is 0. The van der Waals surface area contributed by atoms with Crippen molar-refractivity contribution < 1.29 is 9.59 Å². The van der Waals surface area contributed by atoms with Crippen molar-refractivity contribution in [1.29, 1.82) is 0 Å². The molecule has 1 aliphatic heterocycles. The van der Waals surface area contributed by atoms with E-state index in [-0.39, 0.29) is 23.0 Å². The number of halogens is 1. The van der Waals surface area contributed by atoms with Gasteiger partial charge in [-0.15, -0.1) is 0 Å². The van der Waals surface area contributed by atoms with E-state index in [2.05, 4.69) is 19.9 Å². The number of anilines is 1. The Labute approximate surface area is 177 Å². The molecule has 29 heavy (non-hydrogen) atoms. The summed E-state index contributed by atoms with van der Waals surface area (Å²) in [6.45, 7) is 8.20. The molecular weight excluding hydrogens is 382 g/mol. The van der Waals surface area contributed by atoms with Crippen LogP contribution < -0.4 is 4.90 Å². The van der Waals surface area contributed by atoms with Crippen molar-refractivity contribution in [3.05, 3.63) is 75.4 Å². The van der Waals surface area contributed by atoms with Crippen LogP contribution in [-0.4, -0.2) is 11.7 Å². The molecule has 0 saturated carbocycles. The van der Waals surface area contributed by atoms with Gasteiger partial charge in [-0.1, -0.05) is 61.3 Å². The largest absolute Gasteiger partial charge is 0.294 e. The first-order valence-corrected chi connectivity index (χ1v) is 10.5. The molecule has 2 aromatic rings. The SMILES string of the molecule is Cc1cccc(C2CC(=O)N(c3cc(Cl)ccc3C)C3=C2C(=O)CC(C)(C)C3)c1. The molecule has 1 atom stereocenters. The number of carbonyl (C=O) groups is 2. The molecular formula is C25H26ClNO2. The number of rotatable bonds is 2. The van der Waals surface area contributed by atoms with E-state index >= 15 is 0 Å². The van der Waals surface area contributed by atoms with Gasteiger partial charge in [-0.05, 0) is 48.9 Å². The van der Waals surface area contributed by atoms with Gasteiger partial charge in [-0.25, -0.2) is 0 Å². The van der Waals surface area contributed by atoms with Crippen molar-refractivity contribution in [2.75, 3.05) is 4.90 Å². The van der Waals surface area contributed by atoms with Crippen LogP contribution in [0.15, 0.2) is 53.7 Å². The Balaban J connectivity index is 1.94. The molecule has 0 spiro atoms. The smallest absolute Gasteiger partial charge is 0.232 e. The summed E-state index contributed by atoms with van der Waals surface area (Å²) in [6.07, 6.45) is 1.49. The van der Waals surface area contributed by atoms with Crippen molar-refractivity contribution in [3.8, 4) is 0 Å². The third-order valence-corrected chi connectivity index (χ3v) is 6.23. The minimum Gasteiger partial charge on any atom is -0.294 e. The van der Waals surface area contributed by atoms with Crippen LogP contribution >= 0.6 is 11.6 Å². The zero-order valence-electron chi connectivity index (χ0n) is 17.4. The molecule has 0 fully saturated rings. The molecule has 2 aromatic carbocycles. The van der Waals surface area contributed by atoms with Crippen molar-refractivity contribution in [1.82, 2.24) is 0 Å². The number of hydrogen-bond donors (Lipinski definition) is 0. The fraction of sp³-hybridized carbons (Fsp3) is 0.360. The number of hydrogen-bond acceptors (Lipinski definition) is 2. The van der Waals surface area contributed by atoms with Crippen molar-refractivity contribution in [2.24, 2.45) is 5.41 Å². The van der Waals surface area contributed by atoms with Crippen LogP contribution in [0, 0.1) is 19.3 Å². The Bertz CT molecular complexity index is 1050. The molecule has 0 N–H and O–H groups in total. The maximum atomic E-state index is 13.4. The normalized spacial score (nSPS) is 21.4. The first-order valence-electron chi connectivity index (χ1n) is 10.1. The standard InChI is InChI=1S/C25H26ClNO2/c1-15-6-5-7-17(10-15)19-12-23(29)27(20-11-18(26)9-8-16(20)2)21-13-25(3,4)14-22(28)24(19)21/h5-11,19H,12-14H2,1-4H3. The Morgan fingerprint density at radius 3 is 2.52 bits per heavy atom. The second-order valence-electron chi connectivity index (χ2n) is 9.13. The van der Waals surface area contributed by atoms with Gasteiger partial charge >= 0.3 is 0 Å². The van der Waals surface area contributed by atoms with E-state index < -0.39 is 0 Å². The lowest BCUT2D eigenvalue weighted by Crippen LogP contribution is -2.44. The molecule has 0 radical (unpaired) electrons. The average molecular weight is 408 g/mol. The van der Waals surface area contributed by atoms with Gasteiger partial charge in [0.05, 0.1) is 5.69 Å². The number of nitrogens with zero attached hydrogens (tertiary/aromatic N) is 1. The van der Waals surface area contributed by atoms with Gasteiger partial charge in [-0.2, -0.15) is 0 Å². The van der Waals surface area contributed by atoms with E-state index in [0.717, 1.165) is 33.6 Å². The highest BCUT2D eigenvalue weighted by atomic mass is 35.5. The zero-order valence-corrected chi connectivity index (χ0v) is 18.1. The van der Waals surface area contributed by atoms with Crippen LogP contribution in [0.3, 0.4) is 0 Å². The highest BCUT2D eigenvalue weighted by Gasteiger charge is 2.44. The van der Waals surface area contributed by atoms with Gasteiger partial charge in [0.2, 0.25) is 5.91 Å². The molecule has 1 heterocycles. The lowest BCUT2D eigenvalue weighted by atomic mass is 9.69. The van der Waals surface area contributed by atoms with Gasteiger partial charge in [0.1, 0.15) is 0 Å². The van der Waals surface area contributed by atoms with Crippen LogP contribution in [0.1, 0.15) is 55.7 Å². The van der Waals surface area contributed by atoms with E-state index in [1.807, 2.05) is 50.2 Å². The molecule has 1 aliphatic carbocycles. The van der Waals surface area contributed by atoms with Crippen molar-refractivity contribution in [2.45, 2.75) is 52.9 Å². The summed E-state index contributed by atoms with van der Waals surface area (Å²) in [6, 6.07) is 13.7. The molecule has 1 amide bonds. The highest BCUT2D eigenvalue weighted by molar-refractivity contribution is 6.31. The van der Waals surface area contributed by atoms with Gasteiger partial charge in [0, 0.05) is 35.1 Å². The van der Waals surface area contributed by atoms with Gasteiger partial charge in [-0.3, -0.25) is 14.5 Å². The number of Topliss-reactive ketones (excluding diaryl/α,β-unsaturated/α-hetero) is 1. The van der Waals surface area contributed by atoms with E-state index in [1.54, 1.807) is 4.90 Å². The molecule has 2 aliphatic rings. The Morgan fingerprint density at radius 1 is 1.03 bits per heavy atom. The predicted octanol–water partition coefficient (Wildman–Crippen LogP) is 6.12. The van der Waals surface area contributed by atoms with Gasteiger partial charge < -0.3 is 0 Å². The number of benzene rings is 2. The Hall–Kier alpha value is -2.39. The third-order valence-electron chi connectivity index (χ3n) is 6.00. The van der Waals surface area contributed by atoms with Crippen LogP contribution in [0.4, 0.5) is 5.69 Å². The number of carbonyl (C=O) groups excluding carboxylic acids is 2. The number of aryl methyl sites for hydroxylation is 2. The monoisotopic (exact) mass is 407 g/mol. The van der Waals surface area contributed by atoms with Crippen LogP contribution in [0.5, 0.6) is 0 Å². The molecule has 0 aromatic heterocycles. The third kappa shape index (κ3) is 3.64. The number of allylic oxidation sites excluding steroid dienone is 2. The molecule has 150 valence electrons. The summed E-state index contributed by atoms with van der Waals surface area (Å²) in [5, 5.41) is 0.586. The second-order valence-corrected chi connectivity index (χ2v) is 9.57. The molecule has 4 rings (SSSR count). The summed E-state index contributed by atoms with van der Waals surface area (Å²) in [5.41, 5.74) is 5.39. The minimum absolute atomic E-state index is 0.0196.